The van der Waals surface area contributed by atoms with E-state index in [2.05, 4.69) is 210 Å². The molecule has 6 aromatic carbocycles. The zero-order valence-electron chi connectivity index (χ0n) is 31.1. The van der Waals surface area contributed by atoms with Crippen molar-refractivity contribution in [3.63, 3.8) is 0 Å². The van der Waals surface area contributed by atoms with Gasteiger partial charge in [-0.25, -0.2) is 0 Å². The second-order valence-electron chi connectivity index (χ2n) is 15.0. The Hall–Kier alpha value is -3.88. The Balaban J connectivity index is 1.63. The van der Waals surface area contributed by atoms with Gasteiger partial charge in [-0.3, -0.25) is 0 Å². The van der Waals surface area contributed by atoms with Crippen LogP contribution in [0, 0.1) is 0 Å². The number of rotatable bonds is 8. The molecule has 0 aliphatic carbocycles. The summed E-state index contributed by atoms with van der Waals surface area (Å²) in [5, 5.41) is 2.20. The van der Waals surface area contributed by atoms with Crippen molar-refractivity contribution in [2.45, 2.75) is 48.8 Å². The average Bonchev–Trinajstić information content (AvgIpc) is 3.72. The highest BCUT2D eigenvalue weighted by Crippen LogP contribution is 3.25. The monoisotopic (exact) mass is 776 g/mol. The molecular formula is C48H44O2P4. The van der Waals surface area contributed by atoms with Crippen LogP contribution in [0.3, 0.4) is 0 Å². The van der Waals surface area contributed by atoms with E-state index >= 15 is 9.13 Å². The lowest BCUT2D eigenvalue weighted by atomic mass is 9.93. The minimum absolute atomic E-state index is 0.171. The molecule has 3 aliphatic rings. The Morgan fingerprint density at radius 3 is 1.28 bits per heavy atom. The Kier molecular flexibility index (Phi) is 8.89. The van der Waals surface area contributed by atoms with Gasteiger partial charge in [0.05, 0.1) is 4.90 Å². The van der Waals surface area contributed by atoms with Gasteiger partial charge in [0.1, 0.15) is 18.6 Å². The third-order valence-corrected chi connectivity index (χ3v) is 38.1. The summed E-state index contributed by atoms with van der Waals surface area (Å²) in [4.78, 5) is -1.78. The molecule has 0 unspecified atom stereocenters. The molecule has 0 radical (unpaired) electrons. The Morgan fingerprint density at radius 2 is 0.833 bits per heavy atom. The summed E-state index contributed by atoms with van der Waals surface area (Å²) >= 11 is 0. The van der Waals surface area contributed by atoms with Crippen LogP contribution in [0.2, 0.25) is 0 Å². The first-order valence-corrected chi connectivity index (χ1v) is 26.5. The average molecular weight is 777 g/mol. The molecule has 0 N–H and O–H groups in total. The molecule has 3 heterocycles. The topological polar surface area (TPSA) is 34.1 Å². The normalized spacial score (nSPS) is 28.6. The van der Waals surface area contributed by atoms with E-state index in [4.69, 9.17) is 0 Å². The van der Waals surface area contributed by atoms with Crippen LogP contribution in [-0.2, 0) is 18.9 Å². The van der Waals surface area contributed by atoms with E-state index in [0.717, 1.165) is 49.8 Å². The molecule has 268 valence electrons. The Labute approximate surface area is 322 Å². The predicted molar refractivity (Wildman–Crippen MR) is 235 cm³/mol. The Morgan fingerprint density at radius 1 is 0.444 bits per heavy atom. The molecule has 3 aliphatic heterocycles. The van der Waals surface area contributed by atoms with E-state index in [1.54, 1.807) is 0 Å². The van der Waals surface area contributed by atoms with Crippen LogP contribution in [0.25, 0.3) is 21.8 Å². The predicted octanol–water partition coefficient (Wildman–Crippen LogP) is 15.2. The maximum Gasteiger partial charge on any atom is 0.141 e. The lowest BCUT2D eigenvalue weighted by Gasteiger charge is -2.49. The molecule has 6 atom stereocenters. The first-order chi connectivity index (χ1) is 26.3. The zero-order valence-corrected chi connectivity index (χ0v) is 34.7. The minimum Gasteiger partial charge on any atom is -0.317 e. The smallest absolute Gasteiger partial charge is 0.141 e. The van der Waals surface area contributed by atoms with Gasteiger partial charge >= 0.3 is 0 Å². The van der Waals surface area contributed by atoms with Crippen molar-refractivity contribution in [2.24, 2.45) is 0 Å². The summed E-state index contributed by atoms with van der Waals surface area (Å²) in [6.45, 7) is 1.91. The molecule has 1 saturated heterocycles. The summed E-state index contributed by atoms with van der Waals surface area (Å²) in [6.07, 6.45) is 0. The number of hydrogen-bond donors (Lipinski definition) is 0. The van der Waals surface area contributed by atoms with Crippen LogP contribution in [-0.4, -0.2) is 11.3 Å². The molecule has 0 spiro atoms. The molecule has 9 rings (SSSR count). The van der Waals surface area contributed by atoms with E-state index in [1.807, 2.05) is 0 Å². The van der Waals surface area contributed by atoms with Gasteiger partial charge in [-0.2, -0.15) is 0 Å². The fourth-order valence-corrected chi connectivity index (χ4v) is 46.8. The van der Waals surface area contributed by atoms with Gasteiger partial charge in [0.25, 0.3) is 0 Å². The number of allylic oxidation sites excluding steroid dienone is 2. The quantitative estimate of drug-likeness (QED) is 0.144. The molecule has 0 aromatic heterocycles. The third-order valence-electron chi connectivity index (χ3n) is 11.7. The highest BCUT2D eigenvalue weighted by molar-refractivity contribution is 8.56. The van der Waals surface area contributed by atoms with Crippen LogP contribution in [0.5, 0.6) is 0 Å². The van der Waals surface area contributed by atoms with Gasteiger partial charge in [-0.1, -0.05) is 210 Å². The summed E-state index contributed by atoms with van der Waals surface area (Å²) in [5.41, 5.74) is 8.39. The fraction of sp³-hybridized carbons (Fsp3) is 0.167. The maximum atomic E-state index is 17.9. The van der Waals surface area contributed by atoms with Gasteiger partial charge in [0, 0.05) is 31.9 Å². The standard InChI is InChI=1S/C48H44O2P4/c1-35(2)53(49)46(40-29-17-8-18-30-40)44(38-25-13-6-14-26-38)47(41-31-19-9-20-32-41)51-45(39-27-15-7-16-28-39)43(37-23-11-5-12-24-37)48(52(47)53,54(51,50)36(3)4)42-33-21-10-22-34-42/h5-36H,1-4H3/t47-,48-,51-,52+,53+,54-/m1/s1. The van der Waals surface area contributed by atoms with E-state index in [9.17, 15) is 0 Å². The molecule has 2 nitrogen and oxygen atoms in total. The molecule has 6 aromatic rings. The van der Waals surface area contributed by atoms with Crippen molar-refractivity contribution in [3.05, 3.63) is 215 Å². The number of hydrogen-bond acceptors (Lipinski definition) is 2. The second-order valence-corrected chi connectivity index (χ2v) is 31.1. The molecule has 0 amide bonds. The molecule has 6 heteroatoms. The highest BCUT2D eigenvalue weighted by atomic mass is 32.1. The van der Waals surface area contributed by atoms with Gasteiger partial charge in [0.15, 0.2) is 0 Å². The van der Waals surface area contributed by atoms with Crippen LogP contribution < -0.4 is 0 Å². The van der Waals surface area contributed by atoms with E-state index < -0.39 is 38.7 Å². The zero-order chi connectivity index (χ0) is 37.3. The molecule has 0 saturated carbocycles. The van der Waals surface area contributed by atoms with Gasteiger partial charge in [-0.15, -0.1) is 0 Å². The lowest BCUT2D eigenvalue weighted by Crippen LogP contribution is -2.29. The first kappa shape index (κ1) is 35.8. The van der Waals surface area contributed by atoms with Crippen LogP contribution in [0.1, 0.15) is 61.1 Å². The number of benzene rings is 6. The third kappa shape index (κ3) is 4.56. The van der Waals surface area contributed by atoms with Crippen molar-refractivity contribution in [1.82, 2.24) is 0 Å². The van der Waals surface area contributed by atoms with Crippen molar-refractivity contribution in [3.8, 4) is 0 Å². The summed E-state index contributed by atoms with van der Waals surface area (Å²) < 4.78 is 35.7. The molecule has 1 fully saturated rings. The van der Waals surface area contributed by atoms with Crippen LogP contribution >= 0.6 is 28.9 Å². The van der Waals surface area contributed by atoms with Crippen molar-refractivity contribution in [2.75, 3.05) is 0 Å². The van der Waals surface area contributed by atoms with Crippen LogP contribution in [0.15, 0.2) is 182 Å². The molecular weight excluding hydrogens is 732 g/mol. The fourth-order valence-electron chi connectivity index (χ4n) is 9.68. The van der Waals surface area contributed by atoms with Crippen molar-refractivity contribution >= 4 is 50.7 Å². The van der Waals surface area contributed by atoms with Gasteiger partial charge in [0.2, 0.25) is 0 Å². The summed E-state index contributed by atoms with van der Waals surface area (Å²) in [6, 6.07) is 64.4. The highest BCUT2D eigenvalue weighted by Gasteiger charge is 2.87. The number of fused-ring (bicyclic) bond motifs is 5. The SMILES string of the molecule is CC(C)[P@@]1(=O)[P@]2C(c3ccccc3)=C(c3ccccc3)[C@]1(c1ccccc1)[P@]1[C@]2(c2ccccc2)C(c2ccccc2)=C(c2ccccc2)[P@]1(=O)C(C)C. The van der Waals surface area contributed by atoms with Gasteiger partial charge in [-0.05, 0) is 49.8 Å². The van der Waals surface area contributed by atoms with E-state index in [0.29, 0.717) is 0 Å². The lowest BCUT2D eigenvalue weighted by molar-refractivity contribution is 0.572. The van der Waals surface area contributed by atoms with E-state index in [1.165, 1.54) is 5.31 Å². The van der Waals surface area contributed by atoms with E-state index in [-0.39, 0.29) is 11.3 Å². The van der Waals surface area contributed by atoms with Crippen molar-refractivity contribution < 1.29 is 9.13 Å². The molecule has 2 bridgehead atoms. The van der Waals surface area contributed by atoms with Crippen molar-refractivity contribution in [1.29, 1.82) is 0 Å². The maximum absolute atomic E-state index is 17.9. The first-order valence-electron chi connectivity index (χ1n) is 18.9. The Bertz CT molecular complexity index is 2500. The van der Waals surface area contributed by atoms with Crippen LogP contribution in [0.4, 0.5) is 0 Å². The van der Waals surface area contributed by atoms with Gasteiger partial charge < -0.3 is 9.13 Å². The summed E-state index contributed by atoms with van der Waals surface area (Å²) in [5.74, 6) is 0. The second kappa shape index (κ2) is 13.4. The molecule has 54 heavy (non-hydrogen) atoms. The summed E-state index contributed by atoms with van der Waals surface area (Å²) in [7, 11) is -3.21. The largest absolute Gasteiger partial charge is 0.317 e. The minimum atomic E-state index is -3.44.